The predicted molar refractivity (Wildman–Crippen MR) is 66.7 cm³/mol. The molecular formula is C12H16N2O4. The summed E-state index contributed by atoms with van der Waals surface area (Å²) in [4.78, 5) is 35.9. The van der Waals surface area contributed by atoms with E-state index in [1.54, 1.807) is 6.92 Å². The van der Waals surface area contributed by atoms with Gasteiger partial charge in [-0.05, 0) is 12.8 Å². The Bertz CT molecular complexity index is 580. The van der Waals surface area contributed by atoms with E-state index < -0.39 is 17.2 Å². The minimum Gasteiger partial charge on any atom is -0.478 e. The SMILES string of the molecule is CCC(=CCn1cc(CC)c(=O)[nH]c1=O)C(=O)O. The van der Waals surface area contributed by atoms with Gasteiger partial charge in [-0.15, -0.1) is 0 Å². The molecule has 0 aliphatic carbocycles. The fourth-order valence-electron chi connectivity index (χ4n) is 1.53. The van der Waals surface area contributed by atoms with Crippen LogP contribution in [0.5, 0.6) is 0 Å². The molecule has 18 heavy (non-hydrogen) atoms. The first-order chi connectivity index (χ1) is 8.49. The summed E-state index contributed by atoms with van der Waals surface area (Å²) in [6, 6.07) is 0. The van der Waals surface area contributed by atoms with Crippen LogP contribution in [0.1, 0.15) is 25.8 Å². The Morgan fingerprint density at radius 2 is 2.11 bits per heavy atom. The number of rotatable bonds is 5. The van der Waals surface area contributed by atoms with Crippen LogP contribution in [0.3, 0.4) is 0 Å². The van der Waals surface area contributed by atoms with E-state index in [1.165, 1.54) is 16.8 Å². The summed E-state index contributed by atoms with van der Waals surface area (Å²) >= 11 is 0. The van der Waals surface area contributed by atoms with Crippen molar-refractivity contribution in [3.05, 3.63) is 44.2 Å². The number of nitrogens with one attached hydrogen (secondary N) is 1. The number of nitrogens with zero attached hydrogens (tertiary/aromatic N) is 1. The highest BCUT2D eigenvalue weighted by Crippen LogP contribution is 2.01. The molecule has 0 aromatic carbocycles. The van der Waals surface area contributed by atoms with Gasteiger partial charge in [0.15, 0.2) is 0 Å². The molecule has 0 atom stereocenters. The Morgan fingerprint density at radius 3 is 2.61 bits per heavy atom. The second-order valence-corrected chi connectivity index (χ2v) is 3.81. The van der Waals surface area contributed by atoms with Crippen LogP contribution in [0.4, 0.5) is 0 Å². The second kappa shape index (κ2) is 6.00. The molecule has 0 aliphatic rings. The van der Waals surface area contributed by atoms with Crippen LogP contribution < -0.4 is 11.2 Å². The summed E-state index contributed by atoms with van der Waals surface area (Å²) in [6.45, 7) is 3.68. The standard InChI is InChI=1S/C12H16N2O4/c1-3-8(11(16)17)5-6-14-7-9(4-2)10(15)13-12(14)18/h5,7H,3-4,6H2,1-2H3,(H,16,17)(H,13,15,18). The van der Waals surface area contributed by atoms with Gasteiger partial charge in [-0.1, -0.05) is 19.9 Å². The van der Waals surface area contributed by atoms with Gasteiger partial charge in [0.25, 0.3) is 5.56 Å². The number of hydrogen-bond donors (Lipinski definition) is 2. The smallest absolute Gasteiger partial charge is 0.331 e. The van der Waals surface area contributed by atoms with E-state index in [2.05, 4.69) is 4.98 Å². The lowest BCUT2D eigenvalue weighted by molar-refractivity contribution is -0.132. The first-order valence-corrected chi connectivity index (χ1v) is 5.74. The summed E-state index contributed by atoms with van der Waals surface area (Å²) in [5.41, 5.74) is -0.187. The molecule has 1 rings (SSSR count). The maximum atomic E-state index is 11.5. The Labute approximate surface area is 104 Å². The van der Waals surface area contributed by atoms with Crippen molar-refractivity contribution >= 4 is 5.97 Å². The van der Waals surface area contributed by atoms with Gasteiger partial charge in [-0.25, -0.2) is 9.59 Å². The summed E-state index contributed by atoms with van der Waals surface area (Å²) in [5.74, 6) is -0.995. The van der Waals surface area contributed by atoms with E-state index in [-0.39, 0.29) is 12.1 Å². The predicted octanol–water partition coefficient (Wildman–Crippen LogP) is 0.520. The van der Waals surface area contributed by atoms with Gasteiger partial charge in [0.2, 0.25) is 0 Å². The number of aromatic nitrogens is 2. The van der Waals surface area contributed by atoms with E-state index in [0.717, 1.165) is 0 Å². The zero-order chi connectivity index (χ0) is 13.7. The highest BCUT2D eigenvalue weighted by molar-refractivity contribution is 5.86. The fraction of sp³-hybridized carbons (Fsp3) is 0.417. The van der Waals surface area contributed by atoms with Crippen molar-refractivity contribution < 1.29 is 9.90 Å². The molecule has 0 spiro atoms. The summed E-state index contributed by atoms with van der Waals surface area (Å²) in [7, 11) is 0. The van der Waals surface area contributed by atoms with Gasteiger partial charge in [0.1, 0.15) is 0 Å². The topological polar surface area (TPSA) is 92.2 Å². The van der Waals surface area contributed by atoms with Gasteiger partial charge in [0.05, 0.1) is 0 Å². The van der Waals surface area contributed by atoms with Crippen molar-refractivity contribution in [2.45, 2.75) is 33.2 Å². The number of aliphatic carboxylic acids is 1. The number of carboxylic acids is 1. The average Bonchev–Trinajstić information content (AvgIpc) is 2.31. The van der Waals surface area contributed by atoms with Crippen molar-refractivity contribution in [1.82, 2.24) is 9.55 Å². The van der Waals surface area contributed by atoms with Crippen molar-refractivity contribution in [3.8, 4) is 0 Å². The minimum absolute atomic E-state index is 0.137. The molecule has 0 saturated carbocycles. The molecule has 1 heterocycles. The minimum atomic E-state index is -0.995. The Balaban J connectivity index is 3.09. The number of H-pyrrole nitrogens is 1. The lowest BCUT2D eigenvalue weighted by Crippen LogP contribution is -2.31. The van der Waals surface area contributed by atoms with Gasteiger partial charge in [0, 0.05) is 23.9 Å². The molecule has 0 saturated heterocycles. The van der Waals surface area contributed by atoms with Crippen molar-refractivity contribution in [2.24, 2.45) is 0 Å². The number of carboxylic acid groups (broad SMARTS) is 1. The summed E-state index contributed by atoms with van der Waals surface area (Å²) < 4.78 is 1.29. The normalized spacial score (nSPS) is 11.6. The Kier molecular flexibility index (Phi) is 4.65. The fourth-order valence-corrected chi connectivity index (χ4v) is 1.53. The first-order valence-electron chi connectivity index (χ1n) is 5.74. The monoisotopic (exact) mass is 252 g/mol. The third kappa shape index (κ3) is 3.19. The lowest BCUT2D eigenvalue weighted by Gasteiger charge is -2.04. The Hall–Kier alpha value is -2.11. The van der Waals surface area contributed by atoms with Crippen LogP contribution in [0.25, 0.3) is 0 Å². The molecule has 1 aromatic rings. The molecule has 1 aromatic heterocycles. The Morgan fingerprint density at radius 1 is 1.44 bits per heavy atom. The van der Waals surface area contributed by atoms with Crippen LogP contribution in [0.2, 0.25) is 0 Å². The summed E-state index contributed by atoms with van der Waals surface area (Å²) in [5, 5.41) is 8.85. The third-order valence-corrected chi connectivity index (χ3v) is 2.66. The van der Waals surface area contributed by atoms with Crippen LogP contribution in [0, 0.1) is 0 Å². The summed E-state index contributed by atoms with van der Waals surface area (Å²) in [6.07, 6.45) is 3.83. The molecule has 0 amide bonds. The molecule has 0 fully saturated rings. The van der Waals surface area contributed by atoms with Crippen molar-refractivity contribution in [3.63, 3.8) is 0 Å². The lowest BCUT2D eigenvalue weighted by atomic mass is 10.2. The van der Waals surface area contributed by atoms with Crippen molar-refractivity contribution in [1.29, 1.82) is 0 Å². The van der Waals surface area contributed by atoms with Gasteiger partial charge in [-0.3, -0.25) is 14.3 Å². The molecular weight excluding hydrogens is 236 g/mol. The molecule has 0 aliphatic heterocycles. The molecule has 98 valence electrons. The molecule has 6 nitrogen and oxygen atoms in total. The van der Waals surface area contributed by atoms with E-state index in [9.17, 15) is 14.4 Å². The zero-order valence-electron chi connectivity index (χ0n) is 10.4. The number of allylic oxidation sites excluding steroid dienone is 1. The van der Waals surface area contributed by atoms with Crippen LogP contribution in [0.15, 0.2) is 27.4 Å². The second-order valence-electron chi connectivity index (χ2n) is 3.81. The molecule has 0 bridgehead atoms. The zero-order valence-corrected chi connectivity index (χ0v) is 10.4. The highest BCUT2D eigenvalue weighted by atomic mass is 16.4. The van der Waals surface area contributed by atoms with E-state index >= 15 is 0 Å². The number of aromatic amines is 1. The van der Waals surface area contributed by atoms with E-state index in [1.807, 2.05) is 6.92 Å². The molecule has 2 N–H and O–H groups in total. The third-order valence-electron chi connectivity index (χ3n) is 2.66. The molecule has 0 radical (unpaired) electrons. The average molecular weight is 252 g/mol. The van der Waals surface area contributed by atoms with Crippen molar-refractivity contribution in [2.75, 3.05) is 0 Å². The highest BCUT2D eigenvalue weighted by Gasteiger charge is 2.05. The molecule has 6 heteroatoms. The van der Waals surface area contributed by atoms with Gasteiger partial charge < -0.3 is 5.11 Å². The van der Waals surface area contributed by atoms with E-state index in [4.69, 9.17) is 5.11 Å². The van der Waals surface area contributed by atoms with Gasteiger partial charge in [-0.2, -0.15) is 0 Å². The first kappa shape index (κ1) is 14.0. The van der Waals surface area contributed by atoms with Crippen LogP contribution in [-0.2, 0) is 17.8 Å². The largest absolute Gasteiger partial charge is 0.478 e. The maximum Gasteiger partial charge on any atom is 0.331 e. The number of aryl methyl sites for hydroxylation is 1. The maximum absolute atomic E-state index is 11.5. The number of carbonyl (C=O) groups is 1. The van der Waals surface area contributed by atoms with Crippen LogP contribution in [-0.4, -0.2) is 20.6 Å². The number of hydrogen-bond acceptors (Lipinski definition) is 3. The quantitative estimate of drug-likeness (QED) is 0.747. The van der Waals surface area contributed by atoms with Gasteiger partial charge >= 0.3 is 11.7 Å². The van der Waals surface area contributed by atoms with E-state index in [0.29, 0.717) is 18.4 Å². The van der Waals surface area contributed by atoms with Crippen LogP contribution >= 0.6 is 0 Å². The molecule has 0 unspecified atom stereocenters.